The topological polar surface area (TPSA) is 14.8 Å². The van der Waals surface area contributed by atoms with Crippen LogP contribution in [-0.4, -0.2) is 13.7 Å². The Morgan fingerprint density at radius 2 is 0.772 bits per heavy atom. The molecule has 0 fully saturated rings. The summed E-state index contributed by atoms with van der Waals surface area (Å²) >= 11 is 0. The molecule has 3 nitrogen and oxygen atoms in total. The summed E-state index contributed by atoms with van der Waals surface area (Å²) in [5.41, 5.74) is -0.815. The van der Waals surface area contributed by atoms with Gasteiger partial charge in [0, 0.05) is 43.7 Å². The van der Waals surface area contributed by atoms with Gasteiger partial charge in [0.05, 0.1) is 68.9 Å². The molecule has 0 bridgehead atoms. The SMILES string of the molecule is [2H]c1c([2H])c([2H])c2c(c1[2H])c1c(-n3c4c([2H])c([2H])c([2H])c([2H])c4c4c([2H])c(-n5c6c([2H])c([2H])c([2H])c([2H])c6c6c([2H])c([2H])c([2H])c([2H])c65)c([2H])c([2H])c43)c([2H])c([2H])c([2H])c1n2-c1cc(-c2ccccc2)cc(-c2ccccc2)c1. The molecule has 9 aromatic carbocycles. The fraction of sp³-hybridized carbons (Fsp3) is 0. The molecule has 0 amide bonds. The molecule has 0 N–H and O–H groups in total. The van der Waals surface area contributed by atoms with Gasteiger partial charge in [-0.25, -0.2) is 0 Å². The Labute approximate surface area is 360 Å². The number of benzene rings is 9. The van der Waals surface area contributed by atoms with E-state index in [-0.39, 0.29) is 27.5 Å². The maximum Gasteiger partial charge on any atom is 0.0652 e. The fourth-order valence-electron chi connectivity index (χ4n) is 7.80. The number of hydrogen-bond donors (Lipinski definition) is 0. The molecule has 0 saturated carbocycles. The zero-order valence-corrected chi connectivity index (χ0v) is 29.3. The lowest BCUT2D eigenvalue weighted by Crippen LogP contribution is -1.98. The van der Waals surface area contributed by atoms with Gasteiger partial charge in [-0.15, -0.1) is 0 Å². The molecule has 0 spiro atoms. The van der Waals surface area contributed by atoms with Crippen molar-refractivity contribution in [2.45, 2.75) is 0 Å². The van der Waals surface area contributed by atoms with Crippen molar-refractivity contribution in [3.63, 3.8) is 0 Å². The number of aromatic nitrogens is 3. The van der Waals surface area contributed by atoms with Crippen LogP contribution in [0.2, 0.25) is 0 Å². The van der Waals surface area contributed by atoms with Crippen molar-refractivity contribution in [1.82, 2.24) is 13.7 Å². The van der Waals surface area contributed by atoms with Crippen molar-refractivity contribution < 1.29 is 30.2 Å². The van der Waals surface area contributed by atoms with Gasteiger partial charge in [-0.3, -0.25) is 0 Å². The first kappa shape index (κ1) is 17.0. The summed E-state index contributed by atoms with van der Waals surface area (Å²) in [7, 11) is 0. The molecule has 0 aliphatic rings. The zero-order chi connectivity index (χ0) is 56.6. The highest BCUT2D eigenvalue weighted by Gasteiger charge is 2.21. The molecule has 0 unspecified atom stereocenters. The predicted octanol–water partition coefficient (Wildman–Crippen LogP) is 14.3. The number of hydrogen-bond acceptors (Lipinski definition) is 0. The highest BCUT2D eigenvalue weighted by Crippen LogP contribution is 2.42. The maximum atomic E-state index is 10.1. The summed E-state index contributed by atoms with van der Waals surface area (Å²) in [6.07, 6.45) is 0. The average Bonchev–Trinajstić information content (AvgIpc) is 2.58. The van der Waals surface area contributed by atoms with Crippen LogP contribution in [0.3, 0.4) is 0 Å². The molecule has 0 aliphatic carbocycles. The smallest absolute Gasteiger partial charge is 0.0652 e. The first-order valence-electron chi connectivity index (χ1n) is 28.8. The molecule has 266 valence electrons. The van der Waals surface area contributed by atoms with Crippen LogP contribution in [0, 0.1) is 0 Å². The molecule has 12 rings (SSSR count). The summed E-state index contributed by atoms with van der Waals surface area (Å²) in [5, 5.41) is -2.43. The van der Waals surface area contributed by atoms with Crippen molar-refractivity contribution >= 4 is 65.4 Å². The third-order valence-electron chi connectivity index (χ3n) is 10.2. The summed E-state index contributed by atoms with van der Waals surface area (Å²) in [6.45, 7) is 0. The fourth-order valence-corrected chi connectivity index (χ4v) is 7.80. The first-order valence-corrected chi connectivity index (χ1v) is 17.8. The predicted molar refractivity (Wildman–Crippen MR) is 240 cm³/mol. The lowest BCUT2D eigenvalue weighted by atomic mass is 9.98. The monoisotopic (exact) mass is 747 g/mol. The summed E-state index contributed by atoms with van der Waals surface area (Å²) in [5.74, 6) is 0. The molecule has 3 heteroatoms. The largest absolute Gasteiger partial charge is 0.309 e. The number of para-hydroxylation sites is 4. The molecule has 0 aliphatic heterocycles. The second-order valence-electron chi connectivity index (χ2n) is 13.3. The third-order valence-corrected chi connectivity index (χ3v) is 10.2. The van der Waals surface area contributed by atoms with Gasteiger partial charge in [-0.05, 0) is 94.8 Å². The van der Waals surface area contributed by atoms with Gasteiger partial charge >= 0.3 is 0 Å². The standard InChI is InChI=1S/C54H35N3/c1-3-16-36(17-4-1)38-32-39(37-18-5-2-6-19-37)34-41(33-38)56-50-27-14-10-23-45(50)54-52(56)28-15-29-53(54)57-49-26-13-9-22-44(49)46-35-40(30-31-51(46)57)55-47-24-11-7-20-42(47)43-21-8-12-25-48(43)55/h1-35H/i7D,8D,9D,10D,11D,12D,13D,14D,15D,20D,21D,22D,23D,24D,25D,26D,27D,28D,29D,30D,31D,35D. The molecule has 3 heterocycles. The second kappa shape index (κ2) is 12.5. The van der Waals surface area contributed by atoms with E-state index >= 15 is 0 Å². The van der Waals surface area contributed by atoms with Gasteiger partial charge in [-0.1, -0.05) is 139 Å². The van der Waals surface area contributed by atoms with E-state index in [0.29, 0.717) is 11.1 Å². The molecule has 0 atom stereocenters. The highest BCUT2D eigenvalue weighted by atomic mass is 15.0. The minimum atomic E-state index is -0.933. The molecule has 12 aromatic rings. The summed E-state index contributed by atoms with van der Waals surface area (Å²) in [4.78, 5) is 0. The molecule has 3 aromatic heterocycles. The van der Waals surface area contributed by atoms with Crippen LogP contribution in [0.15, 0.2) is 212 Å². The number of rotatable bonds is 5. The first-order chi connectivity index (χ1) is 37.5. The van der Waals surface area contributed by atoms with E-state index in [1.54, 1.807) is 12.1 Å². The van der Waals surface area contributed by atoms with Gasteiger partial charge < -0.3 is 13.7 Å². The lowest BCUT2D eigenvalue weighted by Gasteiger charge is -2.15. The van der Waals surface area contributed by atoms with Crippen LogP contribution in [0.4, 0.5) is 0 Å². The molecular weight excluding hydrogens is 691 g/mol. The van der Waals surface area contributed by atoms with Gasteiger partial charge in [0.15, 0.2) is 0 Å². The van der Waals surface area contributed by atoms with E-state index in [0.717, 1.165) is 20.3 Å². The Bertz CT molecular complexity index is 4660. The summed E-state index contributed by atoms with van der Waals surface area (Å²) < 4.78 is 207. The van der Waals surface area contributed by atoms with Crippen molar-refractivity contribution in [1.29, 1.82) is 0 Å². The molecular formula is C54H35N3. The van der Waals surface area contributed by atoms with E-state index in [1.807, 2.05) is 66.7 Å². The highest BCUT2D eigenvalue weighted by molar-refractivity contribution is 6.17. The lowest BCUT2D eigenvalue weighted by molar-refractivity contribution is 1.16. The van der Waals surface area contributed by atoms with Gasteiger partial charge in [0.2, 0.25) is 0 Å². The Morgan fingerprint density at radius 3 is 1.37 bits per heavy atom. The Morgan fingerprint density at radius 1 is 0.316 bits per heavy atom. The number of nitrogens with zero attached hydrogens (tertiary/aromatic N) is 3. The van der Waals surface area contributed by atoms with E-state index < -0.39 is 188 Å². The van der Waals surface area contributed by atoms with Crippen molar-refractivity contribution in [3.8, 4) is 39.3 Å². The summed E-state index contributed by atoms with van der Waals surface area (Å²) in [6, 6.07) is 6.71. The van der Waals surface area contributed by atoms with E-state index in [1.165, 1.54) is 4.57 Å². The third kappa shape index (κ3) is 4.79. The normalized spacial score (nSPS) is 17.3. The van der Waals surface area contributed by atoms with Crippen molar-refractivity contribution in [3.05, 3.63) is 212 Å². The second-order valence-corrected chi connectivity index (χ2v) is 13.3. The van der Waals surface area contributed by atoms with Crippen molar-refractivity contribution in [2.24, 2.45) is 0 Å². The van der Waals surface area contributed by atoms with E-state index in [9.17, 15) is 13.7 Å². The van der Waals surface area contributed by atoms with Crippen LogP contribution >= 0.6 is 0 Å². The van der Waals surface area contributed by atoms with Gasteiger partial charge in [-0.2, -0.15) is 0 Å². The van der Waals surface area contributed by atoms with Gasteiger partial charge in [0.1, 0.15) is 0 Å². The van der Waals surface area contributed by atoms with E-state index in [2.05, 4.69) is 0 Å². The van der Waals surface area contributed by atoms with Crippen molar-refractivity contribution in [2.75, 3.05) is 0 Å². The Hall–Kier alpha value is -7.62. The maximum absolute atomic E-state index is 10.1. The number of fused-ring (bicyclic) bond motifs is 9. The zero-order valence-electron chi connectivity index (χ0n) is 51.3. The Balaban J connectivity index is 1.33. The minimum absolute atomic E-state index is 0.219. The van der Waals surface area contributed by atoms with Crippen LogP contribution in [0.1, 0.15) is 30.2 Å². The van der Waals surface area contributed by atoms with E-state index in [4.69, 9.17) is 16.4 Å². The molecule has 57 heavy (non-hydrogen) atoms. The molecule has 0 saturated heterocycles. The quantitative estimate of drug-likeness (QED) is 0.167. The minimum Gasteiger partial charge on any atom is -0.309 e. The van der Waals surface area contributed by atoms with Crippen LogP contribution < -0.4 is 0 Å². The van der Waals surface area contributed by atoms with Crippen LogP contribution in [-0.2, 0) is 0 Å². The van der Waals surface area contributed by atoms with Gasteiger partial charge in [0.25, 0.3) is 0 Å². The van der Waals surface area contributed by atoms with Crippen LogP contribution in [0.5, 0.6) is 0 Å². The average molecular weight is 748 g/mol. The Kier molecular flexibility index (Phi) is 3.72. The van der Waals surface area contributed by atoms with Crippen LogP contribution in [0.25, 0.3) is 105 Å². The molecule has 0 radical (unpaired) electrons.